The third-order valence-electron chi connectivity index (χ3n) is 4.36. The molecule has 3 rings (SSSR count). The van der Waals surface area contributed by atoms with Gasteiger partial charge in [-0.25, -0.2) is 4.98 Å². The Bertz CT molecular complexity index is 716. The first kappa shape index (κ1) is 16.9. The quantitative estimate of drug-likeness (QED) is 0.899. The Kier molecular flexibility index (Phi) is 5.16. The van der Waals surface area contributed by atoms with Crippen LogP contribution in [0, 0.1) is 11.8 Å². The molecule has 6 heteroatoms. The van der Waals surface area contributed by atoms with Crippen molar-refractivity contribution in [2.75, 3.05) is 20.2 Å². The number of rotatable bonds is 5. The molecular formula is C18H22N2O3S. The molecule has 2 aromatic rings. The molecule has 1 aromatic heterocycles. The zero-order chi connectivity index (χ0) is 17.1. The number of hydrogen-bond acceptors (Lipinski definition) is 5. The van der Waals surface area contributed by atoms with Crippen LogP contribution in [-0.4, -0.2) is 41.2 Å². The van der Waals surface area contributed by atoms with E-state index in [1.165, 1.54) is 0 Å². The smallest absolute Gasteiger partial charge is 0.307 e. The van der Waals surface area contributed by atoms with E-state index in [1.54, 1.807) is 18.4 Å². The predicted octanol–water partition coefficient (Wildman–Crippen LogP) is 3.36. The van der Waals surface area contributed by atoms with Gasteiger partial charge in [0, 0.05) is 25.0 Å². The highest BCUT2D eigenvalue weighted by Gasteiger charge is 2.29. The SMILES string of the molecule is COc1ccccc1-c1nc(CN2CC(C)CC(C(=O)O)C2)cs1. The van der Waals surface area contributed by atoms with Gasteiger partial charge < -0.3 is 9.84 Å². The highest BCUT2D eigenvalue weighted by atomic mass is 32.1. The summed E-state index contributed by atoms with van der Waals surface area (Å²) in [4.78, 5) is 18.2. The van der Waals surface area contributed by atoms with Crippen LogP contribution in [0.25, 0.3) is 10.6 Å². The van der Waals surface area contributed by atoms with Gasteiger partial charge >= 0.3 is 5.97 Å². The number of likely N-dealkylation sites (tertiary alicyclic amines) is 1. The lowest BCUT2D eigenvalue weighted by atomic mass is 9.90. The summed E-state index contributed by atoms with van der Waals surface area (Å²) in [6.07, 6.45) is 0.759. The fourth-order valence-corrected chi connectivity index (χ4v) is 4.16. The maximum Gasteiger partial charge on any atom is 0.307 e. The molecule has 1 aliphatic heterocycles. The number of hydrogen-bond donors (Lipinski definition) is 1. The van der Waals surface area contributed by atoms with Crippen molar-refractivity contribution >= 4 is 17.3 Å². The minimum Gasteiger partial charge on any atom is -0.496 e. The maximum atomic E-state index is 11.3. The third kappa shape index (κ3) is 3.76. The molecule has 2 unspecified atom stereocenters. The van der Waals surface area contributed by atoms with Crippen LogP contribution in [-0.2, 0) is 11.3 Å². The first-order chi connectivity index (χ1) is 11.6. The minimum absolute atomic E-state index is 0.277. The fourth-order valence-electron chi connectivity index (χ4n) is 3.32. The van der Waals surface area contributed by atoms with Crippen LogP contribution in [0.15, 0.2) is 29.6 Å². The van der Waals surface area contributed by atoms with E-state index in [0.717, 1.165) is 35.0 Å². The summed E-state index contributed by atoms with van der Waals surface area (Å²) in [7, 11) is 1.66. The number of carboxylic acids is 1. The van der Waals surface area contributed by atoms with Crippen LogP contribution < -0.4 is 4.74 Å². The zero-order valence-corrected chi connectivity index (χ0v) is 14.8. The molecular weight excluding hydrogens is 324 g/mol. The molecule has 2 atom stereocenters. The van der Waals surface area contributed by atoms with Gasteiger partial charge in [-0.05, 0) is 24.5 Å². The Morgan fingerprint density at radius 3 is 2.96 bits per heavy atom. The summed E-state index contributed by atoms with van der Waals surface area (Å²) in [5.41, 5.74) is 1.98. The number of carboxylic acid groups (broad SMARTS) is 1. The lowest BCUT2D eigenvalue weighted by Crippen LogP contribution is -2.42. The average molecular weight is 346 g/mol. The number of benzene rings is 1. The Morgan fingerprint density at radius 2 is 2.21 bits per heavy atom. The van der Waals surface area contributed by atoms with Gasteiger partial charge in [-0.1, -0.05) is 19.1 Å². The summed E-state index contributed by atoms with van der Waals surface area (Å²) in [6, 6.07) is 7.85. The van der Waals surface area contributed by atoms with Crippen molar-refractivity contribution < 1.29 is 14.6 Å². The van der Waals surface area contributed by atoms with Crippen molar-refractivity contribution in [1.82, 2.24) is 9.88 Å². The molecule has 2 heterocycles. The number of aliphatic carboxylic acids is 1. The van der Waals surface area contributed by atoms with Gasteiger partial charge in [-0.3, -0.25) is 9.69 Å². The average Bonchev–Trinajstić information content (AvgIpc) is 3.02. The molecule has 1 aromatic carbocycles. The second kappa shape index (κ2) is 7.32. The van der Waals surface area contributed by atoms with Crippen LogP contribution in [0.1, 0.15) is 19.0 Å². The summed E-state index contributed by atoms with van der Waals surface area (Å²) >= 11 is 1.59. The van der Waals surface area contributed by atoms with Gasteiger partial charge in [-0.2, -0.15) is 0 Å². The van der Waals surface area contributed by atoms with E-state index in [1.807, 2.05) is 24.3 Å². The van der Waals surface area contributed by atoms with Crippen molar-refractivity contribution in [3.8, 4) is 16.3 Å². The van der Waals surface area contributed by atoms with Crippen LogP contribution in [0.4, 0.5) is 0 Å². The van der Waals surface area contributed by atoms with Gasteiger partial charge in [-0.15, -0.1) is 11.3 Å². The second-order valence-corrected chi connectivity index (χ2v) is 7.27. The van der Waals surface area contributed by atoms with Crippen LogP contribution in [0.3, 0.4) is 0 Å². The molecule has 0 aliphatic carbocycles. The van der Waals surface area contributed by atoms with Gasteiger partial charge in [0.15, 0.2) is 0 Å². The van der Waals surface area contributed by atoms with Gasteiger partial charge in [0.2, 0.25) is 0 Å². The zero-order valence-electron chi connectivity index (χ0n) is 13.9. The highest BCUT2D eigenvalue weighted by Crippen LogP contribution is 2.32. The standard InChI is InChI=1S/C18H22N2O3S/c1-12-7-13(18(21)22)9-20(8-12)10-14-11-24-17(19-14)15-5-3-4-6-16(15)23-2/h3-6,11-13H,7-10H2,1-2H3,(H,21,22). The number of carbonyl (C=O) groups is 1. The van der Waals surface area contributed by atoms with E-state index in [9.17, 15) is 9.90 Å². The van der Waals surface area contributed by atoms with Gasteiger partial charge in [0.1, 0.15) is 10.8 Å². The molecule has 1 fully saturated rings. The number of thiazole rings is 1. The summed E-state index contributed by atoms with van der Waals surface area (Å²) in [6.45, 7) is 4.33. The topological polar surface area (TPSA) is 62.7 Å². The number of piperidine rings is 1. The summed E-state index contributed by atoms with van der Waals surface area (Å²) < 4.78 is 5.40. The van der Waals surface area contributed by atoms with E-state index in [2.05, 4.69) is 17.2 Å². The highest BCUT2D eigenvalue weighted by molar-refractivity contribution is 7.13. The predicted molar refractivity (Wildman–Crippen MR) is 94.3 cm³/mol. The summed E-state index contributed by atoms with van der Waals surface area (Å²) in [5.74, 6) is 0.240. The Labute approximate surface area is 145 Å². The molecule has 5 nitrogen and oxygen atoms in total. The van der Waals surface area contributed by atoms with Crippen LogP contribution in [0.5, 0.6) is 5.75 Å². The second-order valence-electron chi connectivity index (χ2n) is 6.41. The van der Waals surface area contributed by atoms with Crippen molar-refractivity contribution in [2.45, 2.75) is 19.9 Å². The number of aromatic nitrogens is 1. The number of para-hydroxylation sites is 1. The normalized spacial score (nSPS) is 21.6. The van der Waals surface area contributed by atoms with Crippen molar-refractivity contribution in [3.05, 3.63) is 35.3 Å². The van der Waals surface area contributed by atoms with E-state index < -0.39 is 5.97 Å². The van der Waals surface area contributed by atoms with Gasteiger partial charge in [0.25, 0.3) is 0 Å². The van der Waals surface area contributed by atoms with E-state index >= 15 is 0 Å². The number of ether oxygens (including phenoxy) is 1. The minimum atomic E-state index is -0.695. The van der Waals surface area contributed by atoms with E-state index in [4.69, 9.17) is 9.72 Å². The van der Waals surface area contributed by atoms with E-state index in [-0.39, 0.29) is 5.92 Å². The summed E-state index contributed by atoms with van der Waals surface area (Å²) in [5, 5.41) is 12.3. The lowest BCUT2D eigenvalue weighted by molar-refractivity contribution is -0.144. The molecule has 128 valence electrons. The molecule has 0 bridgehead atoms. The fraction of sp³-hybridized carbons (Fsp3) is 0.444. The molecule has 1 saturated heterocycles. The monoisotopic (exact) mass is 346 g/mol. The van der Waals surface area contributed by atoms with Crippen LogP contribution in [0.2, 0.25) is 0 Å². The largest absolute Gasteiger partial charge is 0.496 e. The first-order valence-electron chi connectivity index (χ1n) is 8.09. The molecule has 1 N–H and O–H groups in total. The molecule has 0 amide bonds. The van der Waals surface area contributed by atoms with Crippen LogP contribution >= 0.6 is 11.3 Å². The Balaban J connectivity index is 1.73. The lowest BCUT2D eigenvalue weighted by Gasteiger charge is -2.34. The number of nitrogens with zero attached hydrogens (tertiary/aromatic N) is 2. The molecule has 0 spiro atoms. The molecule has 1 aliphatic rings. The van der Waals surface area contributed by atoms with E-state index in [0.29, 0.717) is 19.0 Å². The Morgan fingerprint density at radius 1 is 1.42 bits per heavy atom. The van der Waals surface area contributed by atoms with Crippen molar-refractivity contribution in [3.63, 3.8) is 0 Å². The Hall–Kier alpha value is -1.92. The third-order valence-corrected chi connectivity index (χ3v) is 5.28. The number of methoxy groups -OCH3 is 1. The maximum absolute atomic E-state index is 11.3. The first-order valence-corrected chi connectivity index (χ1v) is 8.97. The van der Waals surface area contributed by atoms with Crippen molar-refractivity contribution in [1.29, 1.82) is 0 Å². The van der Waals surface area contributed by atoms with Crippen molar-refractivity contribution in [2.24, 2.45) is 11.8 Å². The molecule has 0 radical (unpaired) electrons. The molecule has 0 saturated carbocycles. The molecule has 24 heavy (non-hydrogen) atoms. The van der Waals surface area contributed by atoms with Gasteiger partial charge in [0.05, 0.1) is 24.3 Å².